The van der Waals surface area contributed by atoms with E-state index < -0.39 is 5.91 Å². The lowest BCUT2D eigenvalue weighted by atomic mass is 10.2. The number of carbonyl (C=O) groups is 1. The summed E-state index contributed by atoms with van der Waals surface area (Å²) in [5.41, 5.74) is 2.94. The number of nitrogens with one attached hydrogen (secondary N) is 2. The lowest BCUT2D eigenvalue weighted by Crippen LogP contribution is -2.31. The number of aromatic nitrogens is 1. The topological polar surface area (TPSA) is 86.6 Å². The van der Waals surface area contributed by atoms with Gasteiger partial charge in [0.1, 0.15) is 11.6 Å². The molecule has 0 aliphatic heterocycles. The number of para-hydroxylation sites is 1. The van der Waals surface area contributed by atoms with Crippen molar-refractivity contribution in [1.29, 1.82) is 0 Å². The van der Waals surface area contributed by atoms with Crippen LogP contribution in [0.15, 0.2) is 53.8 Å². The van der Waals surface area contributed by atoms with Gasteiger partial charge in [0.2, 0.25) is 0 Å². The predicted octanol–water partition coefficient (Wildman–Crippen LogP) is 1.68. The number of rotatable bonds is 3. The van der Waals surface area contributed by atoms with Gasteiger partial charge in [-0.3, -0.25) is 10.2 Å². The number of amides is 1. The van der Waals surface area contributed by atoms with Gasteiger partial charge in [0, 0.05) is 11.8 Å². The number of nitrogens with zero attached hydrogens (tertiary/aromatic N) is 2. The Balaban J connectivity index is 1.90. The summed E-state index contributed by atoms with van der Waals surface area (Å²) in [5.74, 6) is -0.0265. The number of pyridine rings is 1. The van der Waals surface area contributed by atoms with Gasteiger partial charge in [-0.1, -0.05) is 30.4 Å². The molecule has 0 radical (unpaired) electrons. The Hall–Kier alpha value is -2.80. The number of hydrogen-bond acceptors (Lipinski definition) is 5. The van der Waals surface area contributed by atoms with Crippen LogP contribution in [-0.4, -0.2) is 27.2 Å². The third kappa shape index (κ3) is 4.36. The van der Waals surface area contributed by atoms with Gasteiger partial charge >= 0.3 is 0 Å². The maximum atomic E-state index is 11.7. The molecule has 0 unspecified atom stereocenters. The van der Waals surface area contributed by atoms with Crippen LogP contribution in [0, 0.1) is 0 Å². The average molecular weight is 300 g/mol. The second-order valence-electron chi connectivity index (χ2n) is 3.93. The highest BCUT2D eigenvalue weighted by Crippen LogP contribution is 2.12. The molecule has 0 atom stereocenters. The molecule has 0 saturated carbocycles. The van der Waals surface area contributed by atoms with Crippen molar-refractivity contribution in [3.05, 3.63) is 54.2 Å². The SMILES string of the molecule is O=C(Nc1ccccn1)C(=S)N/N=C/c1ccccc1O. The Morgan fingerprint density at radius 3 is 2.71 bits per heavy atom. The lowest BCUT2D eigenvalue weighted by molar-refractivity contribution is -0.110. The van der Waals surface area contributed by atoms with Gasteiger partial charge in [0.15, 0.2) is 4.99 Å². The van der Waals surface area contributed by atoms with E-state index in [1.54, 1.807) is 42.6 Å². The number of anilines is 1. The molecule has 1 aromatic carbocycles. The van der Waals surface area contributed by atoms with E-state index in [9.17, 15) is 9.90 Å². The van der Waals surface area contributed by atoms with E-state index in [2.05, 4.69) is 20.8 Å². The molecule has 1 heterocycles. The predicted molar refractivity (Wildman–Crippen MR) is 84.3 cm³/mol. The van der Waals surface area contributed by atoms with E-state index in [1.807, 2.05) is 0 Å². The second kappa shape index (κ2) is 7.11. The monoisotopic (exact) mass is 300 g/mol. The minimum Gasteiger partial charge on any atom is -0.507 e. The Labute approximate surface area is 126 Å². The zero-order valence-corrected chi connectivity index (χ0v) is 11.7. The fraction of sp³-hybridized carbons (Fsp3) is 0. The van der Waals surface area contributed by atoms with Crippen molar-refractivity contribution >= 4 is 35.1 Å². The Kier molecular flexibility index (Phi) is 4.94. The molecule has 0 aliphatic carbocycles. The summed E-state index contributed by atoms with van der Waals surface area (Å²) in [6.07, 6.45) is 2.93. The van der Waals surface area contributed by atoms with Crippen LogP contribution in [-0.2, 0) is 4.79 Å². The van der Waals surface area contributed by atoms with Crippen molar-refractivity contribution in [2.24, 2.45) is 5.10 Å². The van der Waals surface area contributed by atoms with Crippen LogP contribution >= 0.6 is 12.2 Å². The highest BCUT2D eigenvalue weighted by atomic mass is 32.1. The molecule has 1 amide bonds. The Morgan fingerprint density at radius 2 is 2.00 bits per heavy atom. The minimum absolute atomic E-state index is 0.0897. The summed E-state index contributed by atoms with van der Waals surface area (Å²) in [6.45, 7) is 0. The number of benzene rings is 1. The largest absolute Gasteiger partial charge is 0.507 e. The summed E-state index contributed by atoms with van der Waals surface area (Å²) < 4.78 is 0. The number of phenols is 1. The molecule has 0 fully saturated rings. The fourth-order valence-electron chi connectivity index (χ4n) is 1.42. The molecule has 21 heavy (non-hydrogen) atoms. The number of thiocarbonyl (C=S) groups is 1. The molecule has 7 heteroatoms. The van der Waals surface area contributed by atoms with Crippen LogP contribution in [0.4, 0.5) is 5.82 Å². The summed E-state index contributed by atoms with van der Waals surface area (Å²) >= 11 is 4.90. The number of aromatic hydroxyl groups is 1. The number of carbonyl (C=O) groups excluding carboxylic acids is 1. The van der Waals surface area contributed by atoms with E-state index in [0.717, 1.165) is 0 Å². The normalized spacial score (nSPS) is 10.3. The van der Waals surface area contributed by atoms with Crippen molar-refractivity contribution in [1.82, 2.24) is 10.4 Å². The molecule has 2 aromatic rings. The fourth-order valence-corrected chi connectivity index (χ4v) is 1.52. The van der Waals surface area contributed by atoms with Gasteiger partial charge in [0.05, 0.1) is 6.21 Å². The zero-order chi connectivity index (χ0) is 15.1. The molecular formula is C14H12N4O2S. The van der Waals surface area contributed by atoms with E-state index in [0.29, 0.717) is 11.4 Å². The van der Waals surface area contributed by atoms with Crippen molar-refractivity contribution in [2.75, 3.05) is 5.32 Å². The summed E-state index contributed by atoms with van der Waals surface area (Å²) in [5, 5.41) is 15.9. The molecule has 0 saturated heterocycles. The highest BCUT2D eigenvalue weighted by Gasteiger charge is 2.08. The second-order valence-corrected chi connectivity index (χ2v) is 4.34. The van der Waals surface area contributed by atoms with Crippen LogP contribution in [0.1, 0.15) is 5.56 Å². The molecule has 0 aliphatic rings. The van der Waals surface area contributed by atoms with E-state index in [-0.39, 0.29) is 10.7 Å². The highest BCUT2D eigenvalue weighted by molar-refractivity contribution is 7.82. The van der Waals surface area contributed by atoms with Crippen molar-refractivity contribution in [3.63, 3.8) is 0 Å². The van der Waals surface area contributed by atoms with Crippen LogP contribution in [0.3, 0.4) is 0 Å². The van der Waals surface area contributed by atoms with Crippen LogP contribution < -0.4 is 10.7 Å². The van der Waals surface area contributed by atoms with Crippen molar-refractivity contribution < 1.29 is 9.90 Å². The lowest BCUT2D eigenvalue weighted by Gasteiger charge is -2.04. The molecule has 2 rings (SSSR count). The van der Waals surface area contributed by atoms with E-state index in [1.165, 1.54) is 12.3 Å². The van der Waals surface area contributed by atoms with Crippen LogP contribution in [0.2, 0.25) is 0 Å². The molecule has 106 valence electrons. The smallest absolute Gasteiger partial charge is 0.285 e. The molecule has 3 N–H and O–H groups in total. The van der Waals surface area contributed by atoms with Crippen LogP contribution in [0.5, 0.6) is 5.75 Å². The Morgan fingerprint density at radius 1 is 1.24 bits per heavy atom. The minimum atomic E-state index is -0.516. The third-order valence-electron chi connectivity index (χ3n) is 2.42. The van der Waals surface area contributed by atoms with Crippen molar-refractivity contribution in [3.8, 4) is 5.75 Å². The first-order valence-corrected chi connectivity index (χ1v) is 6.41. The van der Waals surface area contributed by atoms with E-state index >= 15 is 0 Å². The quantitative estimate of drug-likeness (QED) is 0.456. The van der Waals surface area contributed by atoms with Gasteiger partial charge in [0.25, 0.3) is 5.91 Å². The first-order valence-electron chi connectivity index (χ1n) is 6.00. The average Bonchev–Trinajstić information content (AvgIpc) is 2.50. The van der Waals surface area contributed by atoms with Crippen molar-refractivity contribution in [2.45, 2.75) is 0 Å². The number of hydrazone groups is 1. The summed E-state index contributed by atoms with van der Waals surface area (Å²) in [7, 11) is 0. The zero-order valence-electron chi connectivity index (χ0n) is 10.9. The maximum absolute atomic E-state index is 11.7. The Bertz CT molecular complexity index is 674. The number of hydrogen-bond donors (Lipinski definition) is 3. The van der Waals surface area contributed by atoms with Gasteiger partial charge in [-0.05, 0) is 24.3 Å². The summed E-state index contributed by atoms with van der Waals surface area (Å²) in [4.78, 5) is 15.6. The maximum Gasteiger partial charge on any atom is 0.285 e. The van der Waals surface area contributed by atoms with Gasteiger partial charge in [-0.15, -0.1) is 0 Å². The molecule has 0 bridgehead atoms. The molecule has 1 aromatic heterocycles. The van der Waals surface area contributed by atoms with Gasteiger partial charge < -0.3 is 10.4 Å². The number of phenolic OH excluding ortho intramolecular Hbond substituents is 1. The first-order chi connectivity index (χ1) is 10.2. The third-order valence-corrected chi connectivity index (χ3v) is 2.70. The van der Waals surface area contributed by atoms with Crippen LogP contribution in [0.25, 0.3) is 0 Å². The molecule has 6 nitrogen and oxygen atoms in total. The first kappa shape index (κ1) is 14.6. The molecular weight excluding hydrogens is 288 g/mol. The van der Waals surface area contributed by atoms with E-state index in [4.69, 9.17) is 12.2 Å². The van der Waals surface area contributed by atoms with Gasteiger partial charge in [-0.2, -0.15) is 5.10 Å². The van der Waals surface area contributed by atoms with Gasteiger partial charge in [-0.25, -0.2) is 4.98 Å². The summed E-state index contributed by atoms with van der Waals surface area (Å²) in [6, 6.07) is 11.8. The standard InChI is InChI=1S/C14H12N4O2S/c19-11-6-2-1-5-10(11)9-16-18-14(21)13(20)17-12-7-3-4-8-15-12/h1-9,19H,(H,18,21)(H,15,17,20)/b16-9+. The molecule has 0 spiro atoms.